The van der Waals surface area contributed by atoms with E-state index in [1.165, 1.54) is 0 Å². The number of hydrogen-bond acceptors (Lipinski definition) is 3. The number of hydrogen-bond donors (Lipinski definition) is 1. The van der Waals surface area contributed by atoms with E-state index in [0.29, 0.717) is 17.3 Å². The van der Waals surface area contributed by atoms with Gasteiger partial charge in [-0.1, -0.05) is 48.0 Å². The second kappa shape index (κ2) is 7.70. The molecule has 0 spiro atoms. The molecular weight excluding hydrogens is 344 g/mol. The number of para-hydroxylation sites is 1. The fraction of sp³-hybridized carbons (Fsp3) is 0.238. The van der Waals surface area contributed by atoms with Gasteiger partial charge in [0.15, 0.2) is 5.11 Å². The van der Waals surface area contributed by atoms with Crippen LogP contribution in [0.2, 0.25) is 0 Å². The second-order valence-corrected chi connectivity index (χ2v) is 6.57. The van der Waals surface area contributed by atoms with Crippen molar-refractivity contribution in [3.8, 4) is 0 Å². The summed E-state index contributed by atoms with van der Waals surface area (Å²) in [6, 6.07) is 17.5. The molecule has 26 heavy (non-hydrogen) atoms. The number of benzene rings is 2. The Balaban J connectivity index is 2.13. The van der Waals surface area contributed by atoms with Crippen LogP contribution in [0.25, 0.3) is 0 Å². The molecule has 0 bridgehead atoms. The summed E-state index contributed by atoms with van der Waals surface area (Å²) in [5, 5.41) is 3.89. The predicted molar refractivity (Wildman–Crippen MR) is 108 cm³/mol. The molecule has 4 nitrogen and oxygen atoms in total. The van der Waals surface area contributed by atoms with Gasteiger partial charge < -0.3 is 10.1 Å². The number of carbonyl (C=O) groups is 1. The Morgan fingerprint density at radius 2 is 1.88 bits per heavy atom. The molecule has 0 saturated heterocycles. The lowest BCUT2D eigenvalue weighted by Gasteiger charge is -2.37. The summed E-state index contributed by atoms with van der Waals surface area (Å²) in [5.41, 5.74) is 4.39. The van der Waals surface area contributed by atoms with Crippen molar-refractivity contribution in [1.82, 2.24) is 5.32 Å². The van der Waals surface area contributed by atoms with Gasteiger partial charge in [-0.15, -0.1) is 0 Å². The van der Waals surface area contributed by atoms with Crippen LogP contribution in [-0.4, -0.2) is 17.7 Å². The van der Waals surface area contributed by atoms with E-state index in [-0.39, 0.29) is 12.0 Å². The third-order valence-corrected chi connectivity index (χ3v) is 4.67. The Morgan fingerprint density at radius 1 is 1.15 bits per heavy atom. The predicted octanol–water partition coefficient (Wildman–Crippen LogP) is 4.27. The molecule has 0 radical (unpaired) electrons. The van der Waals surface area contributed by atoms with Crippen molar-refractivity contribution in [1.29, 1.82) is 0 Å². The number of thiocarbonyl (C=S) groups is 1. The van der Waals surface area contributed by atoms with Crippen LogP contribution in [-0.2, 0) is 9.53 Å². The SMILES string of the molecule is CCOC(=O)C1=C(C)N(c2ccccc2)C(=S)N[C@H]1c1cccc(C)c1. The summed E-state index contributed by atoms with van der Waals surface area (Å²) in [6.07, 6.45) is 0. The maximum absolute atomic E-state index is 12.8. The van der Waals surface area contributed by atoms with Gasteiger partial charge in [0, 0.05) is 11.4 Å². The molecule has 1 atom stereocenters. The van der Waals surface area contributed by atoms with Crippen molar-refractivity contribution in [2.75, 3.05) is 11.5 Å². The topological polar surface area (TPSA) is 41.6 Å². The van der Waals surface area contributed by atoms with Crippen molar-refractivity contribution in [2.45, 2.75) is 26.8 Å². The van der Waals surface area contributed by atoms with Crippen molar-refractivity contribution in [2.24, 2.45) is 0 Å². The Kier molecular flexibility index (Phi) is 5.38. The summed E-state index contributed by atoms with van der Waals surface area (Å²) in [7, 11) is 0. The zero-order valence-electron chi connectivity index (χ0n) is 15.2. The Morgan fingerprint density at radius 3 is 2.54 bits per heavy atom. The highest BCUT2D eigenvalue weighted by atomic mass is 32.1. The van der Waals surface area contributed by atoms with E-state index in [9.17, 15) is 4.79 Å². The number of nitrogens with one attached hydrogen (secondary N) is 1. The molecule has 1 heterocycles. The average Bonchev–Trinajstić information content (AvgIpc) is 2.62. The molecule has 5 heteroatoms. The second-order valence-electron chi connectivity index (χ2n) is 6.19. The van der Waals surface area contributed by atoms with Gasteiger partial charge >= 0.3 is 5.97 Å². The number of esters is 1. The lowest BCUT2D eigenvalue weighted by atomic mass is 9.94. The van der Waals surface area contributed by atoms with Crippen molar-refractivity contribution in [3.63, 3.8) is 0 Å². The molecule has 1 aliphatic rings. The number of carbonyl (C=O) groups excluding carboxylic acids is 1. The fourth-order valence-corrected chi connectivity index (χ4v) is 3.56. The molecule has 0 amide bonds. The number of nitrogens with zero attached hydrogens (tertiary/aromatic N) is 1. The van der Waals surface area contributed by atoms with E-state index >= 15 is 0 Å². The minimum absolute atomic E-state index is 0.325. The van der Waals surface area contributed by atoms with E-state index in [0.717, 1.165) is 22.5 Å². The molecule has 2 aromatic rings. The van der Waals surface area contributed by atoms with Crippen LogP contribution in [0.4, 0.5) is 5.69 Å². The minimum atomic E-state index is -0.332. The van der Waals surface area contributed by atoms with E-state index in [2.05, 4.69) is 11.4 Å². The van der Waals surface area contributed by atoms with E-state index in [1.807, 2.05) is 74.2 Å². The molecular formula is C21H22N2O2S. The van der Waals surface area contributed by atoms with E-state index < -0.39 is 0 Å². The molecule has 0 aliphatic carbocycles. The highest BCUT2D eigenvalue weighted by Gasteiger charge is 2.35. The first-order chi connectivity index (χ1) is 12.5. The third-order valence-electron chi connectivity index (χ3n) is 4.37. The maximum atomic E-state index is 12.8. The number of ether oxygens (including phenoxy) is 1. The number of rotatable bonds is 4. The van der Waals surface area contributed by atoms with Crippen molar-refractivity contribution in [3.05, 3.63) is 77.0 Å². The smallest absolute Gasteiger partial charge is 0.338 e. The van der Waals surface area contributed by atoms with Crippen LogP contribution in [0.5, 0.6) is 0 Å². The van der Waals surface area contributed by atoms with Crippen molar-refractivity contribution >= 4 is 29.0 Å². The highest BCUT2D eigenvalue weighted by Crippen LogP contribution is 2.34. The van der Waals surface area contributed by atoms with Crippen LogP contribution in [0.3, 0.4) is 0 Å². The van der Waals surface area contributed by atoms with E-state index in [4.69, 9.17) is 17.0 Å². The first-order valence-corrected chi connectivity index (χ1v) is 9.04. The lowest BCUT2D eigenvalue weighted by Crippen LogP contribution is -2.48. The zero-order chi connectivity index (χ0) is 18.7. The quantitative estimate of drug-likeness (QED) is 0.647. The maximum Gasteiger partial charge on any atom is 0.338 e. The van der Waals surface area contributed by atoms with Gasteiger partial charge in [0.1, 0.15) is 0 Å². The molecule has 0 fully saturated rings. The zero-order valence-corrected chi connectivity index (χ0v) is 16.0. The van der Waals surface area contributed by atoms with Gasteiger partial charge in [-0.25, -0.2) is 4.79 Å². The molecule has 3 rings (SSSR count). The molecule has 0 saturated carbocycles. The minimum Gasteiger partial charge on any atom is -0.463 e. The van der Waals surface area contributed by atoms with Crippen LogP contribution in [0.1, 0.15) is 31.0 Å². The van der Waals surface area contributed by atoms with Gasteiger partial charge in [0.05, 0.1) is 18.2 Å². The summed E-state index contributed by atoms with van der Waals surface area (Å²) < 4.78 is 5.35. The Labute approximate surface area is 159 Å². The Bertz CT molecular complexity index is 861. The van der Waals surface area contributed by atoms with E-state index in [1.54, 1.807) is 0 Å². The largest absolute Gasteiger partial charge is 0.463 e. The fourth-order valence-electron chi connectivity index (χ4n) is 3.20. The monoisotopic (exact) mass is 366 g/mol. The lowest BCUT2D eigenvalue weighted by molar-refractivity contribution is -0.139. The first kappa shape index (κ1) is 18.1. The molecule has 134 valence electrons. The summed E-state index contributed by atoms with van der Waals surface area (Å²) >= 11 is 5.63. The molecule has 2 aromatic carbocycles. The first-order valence-electron chi connectivity index (χ1n) is 8.63. The molecule has 1 aliphatic heterocycles. The highest BCUT2D eigenvalue weighted by molar-refractivity contribution is 7.80. The van der Waals surface area contributed by atoms with Gasteiger partial charge in [0.25, 0.3) is 0 Å². The van der Waals surface area contributed by atoms with Crippen LogP contribution in [0, 0.1) is 6.92 Å². The normalized spacial score (nSPS) is 17.1. The number of allylic oxidation sites excluding steroid dienone is 1. The molecule has 0 aromatic heterocycles. The Hall–Kier alpha value is -2.66. The van der Waals surface area contributed by atoms with Crippen molar-refractivity contribution < 1.29 is 9.53 Å². The van der Waals surface area contributed by atoms with Gasteiger partial charge in [0.2, 0.25) is 0 Å². The van der Waals surface area contributed by atoms with Crippen LogP contribution < -0.4 is 10.2 Å². The molecule has 1 N–H and O–H groups in total. The van der Waals surface area contributed by atoms with Gasteiger partial charge in [-0.05, 0) is 50.7 Å². The summed E-state index contributed by atoms with van der Waals surface area (Å²) in [4.78, 5) is 14.7. The number of anilines is 1. The summed E-state index contributed by atoms with van der Waals surface area (Å²) in [6.45, 7) is 6.08. The van der Waals surface area contributed by atoms with Gasteiger partial charge in [-0.3, -0.25) is 4.90 Å². The van der Waals surface area contributed by atoms with Crippen LogP contribution in [0.15, 0.2) is 65.9 Å². The molecule has 0 unspecified atom stereocenters. The summed E-state index contributed by atoms with van der Waals surface area (Å²) in [5.74, 6) is -0.326. The van der Waals surface area contributed by atoms with Gasteiger partial charge in [-0.2, -0.15) is 0 Å². The number of aryl methyl sites for hydroxylation is 1. The third kappa shape index (κ3) is 3.48. The average molecular weight is 366 g/mol. The van der Waals surface area contributed by atoms with Crippen LogP contribution >= 0.6 is 12.2 Å². The standard InChI is InChI=1S/C21H22N2O2S/c1-4-25-20(24)18-15(3)23(17-11-6-5-7-12-17)21(26)22-19(18)16-10-8-9-14(2)13-16/h5-13,19H,4H2,1-3H3,(H,22,26)/t19-/m0/s1.